The van der Waals surface area contributed by atoms with Crippen LogP contribution in [0, 0.1) is 5.92 Å². The minimum absolute atomic E-state index is 0.498. The van der Waals surface area contributed by atoms with E-state index in [9.17, 15) is 0 Å². The van der Waals surface area contributed by atoms with E-state index < -0.39 is 0 Å². The zero-order valence-corrected chi connectivity index (χ0v) is 9.51. The fourth-order valence-electron chi connectivity index (χ4n) is 1.79. The first-order valence-electron chi connectivity index (χ1n) is 5.16. The van der Waals surface area contributed by atoms with Crippen LogP contribution < -0.4 is 5.73 Å². The molecule has 1 heterocycles. The summed E-state index contributed by atoms with van der Waals surface area (Å²) in [5, 5.41) is 1.96. The van der Waals surface area contributed by atoms with Crippen LogP contribution in [-0.4, -0.2) is 11.5 Å². The standard InChI is InChI=1S/C12H15ClN2/c1-8(7-14)4-9-5-10-2-3-15-12(10)11(13)6-9/h2-3,5-6,8,15H,4,7,14H2,1H3. The molecule has 0 bridgehead atoms. The van der Waals surface area contributed by atoms with Crippen molar-refractivity contribution in [2.24, 2.45) is 11.7 Å². The normalized spacial score (nSPS) is 13.3. The summed E-state index contributed by atoms with van der Waals surface area (Å²) in [5.41, 5.74) is 7.88. The van der Waals surface area contributed by atoms with Gasteiger partial charge in [-0.1, -0.05) is 18.5 Å². The monoisotopic (exact) mass is 222 g/mol. The molecular weight excluding hydrogens is 208 g/mol. The van der Waals surface area contributed by atoms with Gasteiger partial charge in [0.05, 0.1) is 10.5 Å². The zero-order valence-electron chi connectivity index (χ0n) is 8.76. The molecule has 3 heteroatoms. The summed E-state index contributed by atoms with van der Waals surface area (Å²) < 4.78 is 0. The fourth-order valence-corrected chi connectivity index (χ4v) is 2.09. The van der Waals surface area contributed by atoms with Gasteiger partial charge in [0.1, 0.15) is 0 Å². The third kappa shape index (κ3) is 2.16. The molecule has 0 radical (unpaired) electrons. The van der Waals surface area contributed by atoms with E-state index in [2.05, 4.69) is 18.0 Å². The van der Waals surface area contributed by atoms with Crippen LogP contribution in [0.15, 0.2) is 24.4 Å². The highest BCUT2D eigenvalue weighted by Crippen LogP contribution is 2.25. The first-order chi connectivity index (χ1) is 7.20. The minimum atomic E-state index is 0.498. The van der Waals surface area contributed by atoms with Crippen molar-refractivity contribution in [2.45, 2.75) is 13.3 Å². The second kappa shape index (κ2) is 4.25. The highest BCUT2D eigenvalue weighted by molar-refractivity contribution is 6.35. The van der Waals surface area contributed by atoms with Crippen molar-refractivity contribution in [1.29, 1.82) is 0 Å². The lowest BCUT2D eigenvalue weighted by Gasteiger charge is -2.09. The largest absolute Gasteiger partial charge is 0.360 e. The lowest BCUT2D eigenvalue weighted by Crippen LogP contribution is -2.13. The molecule has 0 aliphatic rings. The summed E-state index contributed by atoms with van der Waals surface area (Å²) in [6.45, 7) is 2.86. The third-order valence-electron chi connectivity index (χ3n) is 2.66. The Hall–Kier alpha value is -0.990. The maximum atomic E-state index is 6.17. The Balaban J connectivity index is 2.36. The Morgan fingerprint density at radius 2 is 2.27 bits per heavy atom. The molecule has 0 aliphatic heterocycles. The molecule has 0 spiro atoms. The maximum Gasteiger partial charge on any atom is 0.0649 e. The van der Waals surface area contributed by atoms with Gasteiger partial charge in [-0.05, 0) is 42.6 Å². The van der Waals surface area contributed by atoms with Gasteiger partial charge in [-0.25, -0.2) is 0 Å². The number of benzene rings is 1. The van der Waals surface area contributed by atoms with Gasteiger partial charge in [0.25, 0.3) is 0 Å². The summed E-state index contributed by atoms with van der Waals surface area (Å²) in [6, 6.07) is 6.23. The highest BCUT2D eigenvalue weighted by atomic mass is 35.5. The number of aromatic nitrogens is 1. The minimum Gasteiger partial charge on any atom is -0.360 e. The average Bonchev–Trinajstić information content (AvgIpc) is 2.66. The van der Waals surface area contributed by atoms with E-state index in [1.807, 2.05) is 18.3 Å². The Kier molecular flexibility index (Phi) is 2.98. The number of hydrogen-bond acceptors (Lipinski definition) is 1. The Labute approximate surface area is 94.4 Å². The van der Waals surface area contributed by atoms with Gasteiger partial charge in [0.15, 0.2) is 0 Å². The molecule has 0 saturated carbocycles. The molecule has 1 aromatic carbocycles. The second-order valence-electron chi connectivity index (χ2n) is 4.06. The summed E-state index contributed by atoms with van der Waals surface area (Å²) in [4.78, 5) is 3.13. The van der Waals surface area contributed by atoms with Crippen molar-refractivity contribution in [3.63, 3.8) is 0 Å². The summed E-state index contributed by atoms with van der Waals surface area (Å²) in [7, 11) is 0. The fraction of sp³-hybridized carbons (Fsp3) is 0.333. The van der Waals surface area contributed by atoms with Crippen molar-refractivity contribution in [3.8, 4) is 0 Å². The number of rotatable bonds is 3. The molecule has 0 aliphatic carbocycles. The Morgan fingerprint density at radius 3 is 3.00 bits per heavy atom. The van der Waals surface area contributed by atoms with Crippen molar-refractivity contribution < 1.29 is 0 Å². The second-order valence-corrected chi connectivity index (χ2v) is 4.47. The predicted octanol–water partition coefficient (Wildman–Crippen LogP) is 2.96. The number of hydrogen-bond donors (Lipinski definition) is 2. The summed E-state index contributed by atoms with van der Waals surface area (Å²) >= 11 is 6.17. The van der Waals surface area contributed by atoms with E-state index in [-0.39, 0.29) is 0 Å². The van der Waals surface area contributed by atoms with Crippen LogP contribution in [0.1, 0.15) is 12.5 Å². The van der Waals surface area contributed by atoms with Crippen LogP contribution in [-0.2, 0) is 6.42 Å². The van der Waals surface area contributed by atoms with Crippen LogP contribution >= 0.6 is 11.6 Å². The summed E-state index contributed by atoms with van der Waals surface area (Å²) in [5.74, 6) is 0.498. The number of aromatic amines is 1. The van der Waals surface area contributed by atoms with Crippen molar-refractivity contribution in [1.82, 2.24) is 4.98 Å². The molecule has 3 N–H and O–H groups in total. The molecule has 1 atom stereocenters. The van der Waals surface area contributed by atoms with Crippen LogP contribution in [0.5, 0.6) is 0 Å². The molecule has 80 valence electrons. The van der Waals surface area contributed by atoms with Crippen molar-refractivity contribution >= 4 is 22.5 Å². The molecule has 1 unspecified atom stereocenters. The van der Waals surface area contributed by atoms with Crippen LogP contribution in [0.3, 0.4) is 0 Å². The number of fused-ring (bicyclic) bond motifs is 1. The van der Waals surface area contributed by atoms with Crippen molar-refractivity contribution in [3.05, 3.63) is 35.0 Å². The van der Waals surface area contributed by atoms with Gasteiger partial charge < -0.3 is 10.7 Å². The smallest absolute Gasteiger partial charge is 0.0649 e. The maximum absolute atomic E-state index is 6.17. The van der Waals surface area contributed by atoms with E-state index in [0.29, 0.717) is 12.5 Å². The molecule has 2 aromatic rings. The number of nitrogens with two attached hydrogens (primary N) is 1. The molecule has 15 heavy (non-hydrogen) atoms. The molecular formula is C12H15ClN2. The Bertz CT molecular complexity index is 462. The first-order valence-corrected chi connectivity index (χ1v) is 5.54. The van der Waals surface area contributed by atoms with Gasteiger partial charge >= 0.3 is 0 Å². The number of nitrogens with one attached hydrogen (secondary N) is 1. The number of halogens is 1. The van der Waals surface area contributed by atoms with E-state index in [4.69, 9.17) is 17.3 Å². The highest BCUT2D eigenvalue weighted by Gasteiger charge is 2.06. The van der Waals surface area contributed by atoms with Gasteiger partial charge in [0, 0.05) is 11.6 Å². The molecule has 0 saturated heterocycles. The van der Waals surface area contributed by atoms with E-state index in [1.54, 1.807) is 0 Å². The molecule has 1 aromatic heterocycles. The SMILES string of the molecule is CC(CN)Cc1cc(Cl)c2[nH]ccc2c1. The molecule has 2 nitrogen and oxygen atoms in total. The third-order valence-corrected chi connectivity index (χ3v) is 2.96. The Morgan fingerprint density at radius 1 is 1.47 bits per heavy atom. The lowest BCUT2D eigenvalue weighted by molar-refractivity contribution is 0.593. The van der Waals surface area contributed by atoms with Gasteiger partial charge in [-0.3, -0.25) is 0 Å². The van der Waals surface area contributed by atoms with E-state index in [1.165, 1.54) is 10.9 Å². The molecule has 0 amide bonds. The van der Waals surface area contributed by atoms with Gasteiger partial charge in [-0.2, -0.15) is 0 Å². The zero-order chi connectivity index (χ0) is 10.8. The van der Waals surface area contributed by atoms with Crippen LogP contribution in [0.4, 0.5) is 0 Å². The van der Waals surface area contributed by atoms with Crippen LogP contribution in [0.25, 0.3) is 10.9 Å². The van der Waals surface area contributed by atoms with Gasteiger partial charge in [-0.15, -0.1) is 0 Å². The topological polar surface area (TPSA) is 41.8 Å². The average molecular weight is 223 g/mol. The molecule has 0 fully saturated rings. The van der Waals surface area contributed by atoms with E-state index >= 15 is 0 Å². The van der Waals surface area contributed by atoms with Crippen molar-refractivity contribution in [2.75, 3.05) is 6.54 Å². The van der Waals surface area contributed by atoms with Gasteiger partial charge in [0.2, 0.25) is 0 Å². The summed E-state index contributed by atoms with van der Waals surface area (Å²) in [6.07, 6.45) is 2.89. The lowest BCUT2D eigenvalue weighted by atomic mass is 10.0. The number of H-pyrrole nitrogens is 1. The quantitative estimate of drug-likeness (QED) is 0.824. The van der Waals surface area contributed by atoms with Crippen LogP contribution in [0.2, 0.25) is 5.02 Å². The molecule has 2 rings (SSSR count). The van der Waals surface area contributed by atoms with E-state index in [0.717, 1.165) is 17.0 Å². The predicted molar refractivity (Wildman–Crippen MR) is 65.2 cm³/mol. The first kappa shape index (κ1) is 10.5.